The summed E-state index contributed by atoms with van der Waals surface area (Å²) in [6.07, 6.45) is 3.03. The number of likely N-dealkylation sites (N-methyl/N-ethyl adjacent to an activating group) is 1. The summed E-state index contributed by atoms with van der Waals surface area (Å²) in [4.78, 5) is 26.6. The van der Waals surface area contributed by atoms with Crippen molar-refractivity contribution in [3.63, 3.8) is 0 Å². The lowest BCUT2D eigenvalue weighted by molar-refractivity contribution is -0.141. The van der Waals surface area contributed by atoms with Crippen LogP contribution in [0.1, 0.15) is 46.3 Å². The molecule has 1 amide bonds. The summed E-state index contributed by atoms with van der Waals surface area (Å²) in [5.74, 6) is -0.228. The first kappa shape index (κ1) is 21.1. The van der Waals surface area contributed by atoms with Gasteiger partial charge >= 0.3 is 5.97 Å². The van der Waals surface area contributed by atoms with Gasteiger partial charge in [-0.1, -0.05) is 48.0 Å². The Morgan fingerprint density at radius 3 is 2.48 bits per heavy atom. The fourth-order valence-electron chi connectivity index (χ4n) is 3.99. The molecule has 1 fully saturated rings. The molecule has 0 spiro atoms. The highest BCUT2D eigenvalue weighted by Gasteiger charge is 2.32. The highest BCUT2D eigenvalue weighted by atomic mass is 16.5. The van der Waals surface area contributed by atoms with Gasteiger partial charge in [0.25, 0.3) is 5.91 Å². The van der Waals surface area contributed by atoms with Gasteiger partial charge in [0.1, 0.15) is 0 Å². The first-order valence-electron chi connectivity index (χ1n) is 10.2. The number of benzene rings is 2. The number of aryl methyl sites for hydroxylation is 1. The number of amides is 1. The van der Waals surface area contributed by atoms with Gasteiger partial charge in [-0.15, -0.1) is 0 Å². The molecule has 2 aromatic rings. The van der Waals surface area contributed by atoms with E-state index >= 15 is 0 Å². The van der Waals surface area contributed by atoms with Crippen molar-refractivity contribution in [2.24, 2.45) is 0 Å². The van der Waals surface area contributed by atoms with Crippen LogP contribution in [0.3, 0.4) is 0 Å². The number of carbonyl (C=O) groups excluding carboxylic acids is 2. The van der Waals surface area contributed by atoms with Gasteiger partial charge in [0.15, 0.2) is 0 Å². The van der Waals surface area contributed by atoms with Gasteiger partial charge in [0.05, 0.1) is 13.5 Å². The number of methoxy groups -OCH3 is 1. The van der Waals surface area contributed by atoms with Crippen LogP contribution in [0.5, 0.6) is 0 Å². The largest absolute Gasteiger partial charge is 0.469 e. The Balaban J connectivity index is 1.60. The molecule has 1 aliphatic heterocycles. The van der Waals surface area contributed by atoms with Gasteiger partial charge in [-0.2, -0.15) is 0 Å². The summed E-state index contributed by atoms with van der Waals surface area (Å²) >= 11 is 0. The van der Waals surface area contributed by atoms with Gasteiger partial charge in [0, 0.05) is 24.2 Å². The summed E-state index contributed by atoms with van der Waals surface area (Å²) in [5, 5.41) is 3.10. The fraction of sp³-hybridized carbons (Fsp3) is 0.417. The predicted octanol–water partition coefficient (Wildman–Crippen LogP) is 3.34. The van der Waals surface area contributed by atoms with Crippen molar-refractivity contribution in [2.75, 3.05) is 20.7 Å². The number of nitrogens with zero attached hydrogens (tertiary/aromatic N) is 1. The monoisotopic (exact) mass is 394 g/mol. The SMILES string of the molecule is COC(=O)C[C@H]1CC[C@@H](CNC(=O)c2ccccc2Cc2ccc(C)cc2)N1C. The van der Waals surface area contributed by atoms with Crippen molar-refractivity contribution >= 4 is 11.9 Å². The van der Waals surface area contributed by atoms with E-state index in [0.29, 0.717) is 13.0 Å². The second-order valence-electron chi connectivity index (χ2n) is 7.86. The maximum atomic E-state index is 12.9. The number of nitrogens with one attached hydrogen (secondary N) is 1. The molecule has 0 bridgehead atoms. The van der Waals surface area contributed by atoms with Gasteiger partial charge in [-0.3, -0.25) is 14.5 Å². The van der Waals surface area contributed by atoms with Crippen LogP contribution in [0.25, 0.3) is 0 Å². The van der Waals surface area contributed by atoms with E-state index in [1.165, 1.54) is 18.2 Å². The third-order valence-corrected chi connectivity index (χ3v) is 5.89. The minimum absolute atomic E-state index is 0.0440. The van der Waals surface area contributed by atoms with Crippen LogP contribution in [0.15, 0.2) is 48.5 Å². The number of ether oxygens (including phenoxy) is 1. The third-order valence-electron chi connectivity index (χ3n) is 5.89. The Labute approximate surface area is 173 Å². The second-order valence-corrected chi connectivity index (χ2v) is 7.86. The highest BCUT2D eigenvalue weighted by molar-refractivity contribution is 5.95. The van der Waals surface area contributed by atoms with E-state index in [0.717, 1.165) is 30.4 Å². The Kier molecular flexibility index (Phi) is 7.04. The van der Waals surface area contributed by atoms with Crippen LogP contribution in [0.2, 0.25) is 0 Å². The molecule has 0 saturated carbocycles. The molecule has 2 atom stereocenters. The molecule has 1 aliphatic rings. The molecule has 29 heavy (non-hydrogen) atoms. The molecule has 1 heterocycles. The number of carbonyl (C=O) groups is 2. The van der Waals surface area contributed by atoms with Crippen LogP contribution in [-0.4, -0.2) is 49.6 Å². The smallest absolute Gasteiger partial charge is 0.307 e. The standard InChI is InChI=1S/C24H30N2O3/c1-17-8-10-18(11-9-17)14-19-6-4-5-7-22(19)24(28)25-16-21-13-12-20(26(21)2)15-23(27)29-3/h4-11,20-21H,12-16H2,1-3H3,(H,25,28)/t20-,21+/m1/s1. The molecule has 0 aliphatic carbocycles. The maximum Gasteiger partial charge on any atom is 0.307 e. The van der Waals surface area contributed by atoms with E-state index in [1.807, 2.05) is 31.3 Å². The van der Waals surface area contributed by atoms with Crippen molar-refractivity contribution in [3.05, 3.63) is 70.8 Å². The van der Waals surface area contributed by atoms with Crippen molar-refractivity contribution in [3.8, 4) is 0 Å². The quantitative estimate of drug-likeness (QED) is 0.732. The second kappa shape index (κ2) is 9.70. The minimum atomic E-state index is -0.184. The topological polar surface area (TPSA) is 58.6 Å². The summed E-state index contributed by atoms with van der Waals surface area (Å²) in [5.41, 5.74) is 4.17. The summed E-state index contributed by atoms with van der Waals surface area (Å²) in [6.45, 7) is 2.65. The van der Waals surface area contributed by atoms with E-state index in [2.05, 4.69) is 41.4 Å². The van der Waals surface area contributed by atoms with E-state index in [1.54, 1.807) is 0 Å². The predicted molar refractivity (Wildman–Crippen MR) is 114 cm³/mol. The summed E-state index contributed by atoms with van der Waals surface area (Å²) in [7, 11) is 3.44. The van der Waals surface area contributed by atoms with Gasteiger partial charge in [-0.25, -0.2) is 0 Å². The Hall–Kier alpha value is -2.66. The van der Waals surface area contributed by atoms with Crippen LogP contribution in [-0.2, 0) is 16.0 Å². The van der Waals surface area contributed by atoms with Gasteiger partial charge in [-0.05, 0) is 50.4 Å². The van der Waals surface area contributed by atoms with Gasteiger partial charge < -0.3 is 10.1 Å². The number of likely N-dealkylation sites (tertiary alicyclic amines) is 1. The highest BCUT2D eigenvalue weighted by Crippen LogP contribution is 2.24. The Morgan fingerprint density at radius 2 is 1.76 bits per heavy atom. The first-order chi connectivity index (χ1) is 14.0. The summed E-state index contributed by atoms with van der Waals surface area (Å²) in [6, 6.07) is 16.6. The fourth-order valence-corrected chi connectivity index (χ4v) is 3.99. The molecule has 2 aromatic carbocycles. The molecule has 154 valence electrons. The van der Waals surface area contributed by atoms with Crippen LogP contribution < -0.4 is 5.32 Å². The molecule has 0 radical (unpaired) electrons. The lowest BCUT2D eigenvalue weighted by atomic mass is 9.98. The molecule has 3 rings (SSSR count). The molecular weight excluding hydrogens is 364 g/mol. The maximum absolute atomic E-state index is 12.9. The van der Waals surface area contributed by atoms with Crippen molar-refractivity contribution in [1.29, 1.82) is 0 Å². The number of esters is 1. The first-order valence-corrected chi connectivity index (χ1v) is 10.2. The third kappa shape index (κ3) is 5.45. The van der Waals surface area contributed by atoms with Crippen LogP contribution in [0.4, 0.5) is 0 Å². The number of hydrogen-bond donors (Lipinski definition) is 1. The van der Waals surface area contributed by atoms with E-state index in [9.17, 15) is 9.59 Å². The average molecular weight is 395 g/mol. The molecule has 1 saturated heterocycles. The van der Waals surface area contributed by atoms with Crippen LogP contribution in [0, 0.1) is 6.92 Å². The zero-order valence-electron chi connectivity index (χ0n) is 17.5. The Morgan fingerprint density at radius 1 is 1.07 bits per heavy atom. The van der Waals surface area contributed by atoms with Crippen molar-refractivity contribution < 1.29 is 14.3 Å². The average Bonchev–Trinajstić information content (AvgIpc) is 3.07. The lowest BCUT2D eigenvalue weighted by Gasteiger charge is -2.25. The Bertz CT molecular complexity index is 847. The van der Waals surface area contributed by atoms with E-state index < -0.39 is 0 Å². The number of hydrogen-bond acceptors (Lipinski definition) is 4. The van der Waals surface area contributed by atoms with E-state index in [-0.39, 0.29) is 24.0 Å². The molecule has 1 N–H and O–H groups in total. The normalized spacial score (nSPS) is 19.1. The molecule has 5 heteroatoms. The van der Waals surface area contributed by atoms with Gasteiger partial charge in [0.2, 0.25) is 0 Å². The number of rotatable bonds is 7. The minimum Gasteiger partial charge on any atom is -0.469 e. The molecule has 0 unspecified atom stereocenters. The van der Waals surface area contributed by atoms with Crippen LogP contribution >= 0.6 is 0 Å². The molecule has 0 aromatic heterocycles. The van der Waals surface area contributed by atoms with E-state index in [4.69, 9.17) is 4.74 Å². The lowest BCUT2D eigenvalue weighted by Crippen LogP contribution is -2.41. The van der Waals surface area contributed by atoms with Crippen molar-refractivity contribution in [2.45, 2.75) is 44.7 Å². The molecule has 5 nitrogen and oxygen atoms in total. The molecular formula is C24H30N2O3. The van der Waals surface area contributed by atoms with Crippen molar-refractivity contribution in [1.82, 2.24) is 10.2 Å². The summed E-state index contributed by atoms with van der Waals surface area (Å²) < 4.78 is 4.78. The zero-order chi connectivity index (χ0) is 20.8. The zero-order valence-corrected chi connectivity index (χ0v) is 17.5.